The summed E-state index contributed by atoms with van der Waals surface area (Å²) in [5, 5.41) is 0. The first-order valence-corrected chi connectivity index (χ1v) is 16.4. The van der Waals surface area contributed by atoms with E-state index >= 15 is 0 Å². The summed E-state index contributed by atoms with van der Waals surface area (Å²) in [5.74, 6) is 2.21. The van der Waals surface area contributed by atoms with Gasteiger partial charge in [-0.2, -0.15) is 0 Å². The minimum Gasteiger partial charge on any atom is -0.493 e. The van der Waals surface area contributed by atoms with Crippen LogP contribution in [0.15, 0.2) is 36.7 Å². The molecule has 6 heteroatoms. The van der Waals surface area contributed by atoms with Crippen molar-refractivity contribution in [2.45, 2.75) is 90.3 Å². The average molecular weight is 487 g/mol. The highest BCUT2D eigenvalue weighted by Crippen LogP contribution is 2.28. The number of hydrogen-bond donors (Lipinski definition) is 0. The van der Waals surface area contributed by atoms with Crippen molar-refractivity contribution in [2.75, 3.05) is 26.4 Å². The van der Waals surface area contributed by atoms with E-state index in [2.05, 4.69) is 36.9 Å². The van der Waals surface area contributed by atoms with Gasteiger partial charge in [0.2, 0.25) is 0 Å². The van der Waals surface area contributed by atoms with Gasteiger partial charge in [-0.3, -0.25) is 0 Å². The Hall–Kier alpha value is -1.92. The van der Waals surface area contributed by atoms with Gasteiger partial charge in [0.05, 0.1) is 31.2 Å². The maximum Gasteiger partial charge on any atom is 0.163 e. The largest absolute Gasteiger partial charge is 0.493 e. The Labute approximate surface area is 209 Å². The number of para-hydroxylation sites is 1. The first kappa shape index (κ1) is 28.3. The van der Waals surface area contributed by atoms with Crippen LogP contribution < -0.4 is 9.47 Å². The minimum atomic E-state index is -0.506. The molecule has 0 amide bonds. The van der Waals surface area contributed by atoms with Crippen LogP contribution in [0.4, 0.5) is 0 Å². The minimum absolute atomic E-state index is 0.506. The molecule has 190 valence electrons. The highest BCUT2D eigenvalue weighted by Gasteiger charge is 2.11. The number of rotatable bonds is 19. The number of aromatic nitrogens is 2. The second kappa shape index (κ2) is 17.5. The first-order valence-electron chi connectivity index (χ1n) is 13.4. The Balaban J connectivity index is 1.71. The zero-order valence-corrected chi connectivity index (χ0v) is 23.1. The number of nitrogens with zero attached hydrogens (tertiary/aromatic N) is 2. The van der Waals surface area contributed by atoms with Gasteiger partial charge in [0.1, 0.15) is 5.75 Å². The Morgan fingerprint density at radius 3 is 2.21 bits per heavy atom. The van der Waals surface area contributed by atoms with E-state index in [0.29, 0.717) is 12.4 Å². The molecule has 2 rings (SSSR count). The molecule has 0 aliphatic rings. The standard InChI is InChI=1S/C28H46N2O3Si/c1-5-7-18-31-19-13-14-21-33-27-17-11-10-16-26(27)28-29-22-24(23-30-28)32-20-12-8-9-15-25(6-2)34(3)4/h10-11,16-17,22-23,25,34H,5-9,12-15,18-21H2,1-4H3. The van der Waals surface area contributed by atoms with Crippen LogP contribution in [-0.4, -0.2) is 45.2 Å². The van der Waals surface area contributed by atoms with Gasteiger partial charge < -0.3 is 14.2 Å². The van der Waals surface area contributed by atoms with E-state index in [4.69, 9.17) is 14.2 Å². The third-order valence-corrected chi connectivity index (χ3v) is 8.98. The molecule has 0 spiro atoms. The summed E-state index contributed by atoms with van der Waals surface area (Å²) in [6, 6.07) is 7.95. The van der Waals surface area contributed by atoms with E-state index in [1.54, 1.807) is 12.4 Å². The number of unbranched alkanes of at least 4 members (excludes halogenated alkanes) is 4. The van der Waals surface area contributed by atoms with E-state index < -0.39 is 8.80 Å². The third kappa shape index (κ3) is 11.0. The molecule has 1 atom stereocenters. The van der Waals surface area contributed by atoms with Gasteiger partial charge in [0.25, 0.3) is 0 Å². The Morgan fingerprint density at radius 2 is 1.47 bits per heavy atom. The van der Waals surface area contributed by atoms with Crippen molar-refractivity contribution in [3.8, 4) is 22.9 Å². The topological polar surface area (TPSA) is 53.5 Å². The molecule has 0 saturated carbocycles. The second-order valence-corrected chi connectivity index (χ2v) is 12.8. The summed E-state index contributed by atoms with van der Waals surface area (Å²) in [6.07, 6.45) is 14.2. The van der Waals surface area contributed by atoms with Crippen molar-refractivity contribution in [1.29, 1.82) is 0 Å². The van der Waals surface area contributed by atoms with Crippen LogP contribution in [-0.2, 0) is 4.74 Å². The predicted molar refractivity (Wildman–Crippen MR) is 145 cm³/mol. The van der Waals surface area contributed by atoms with Gasteiger partial charge in [-0.05, 0) is 43.4 Å². The quantitative estimate of drug-likeness (QED) is 0.154. The van der Waals surface area contributed by atoms with E-state index in [1.807, 2.05) is 24.3 Å². The van der Waals surface area contributed by atoms with Crippen molar-refractivity contribution in [1.82, 2.24) is 9.97 Å². The fourth-order valence-electron chi connectivity index (χ4n) is 4.03. The zero-order chi connectivity index (χ0) is 24.4. The first-order chi connectivity index (χ1) is 16.7. The van der Waals surface area contributed by atoms with Gasteiger partial charge in [-0.15, -0.1) is 0 Å². The molecule has 1 unspecified atom stereocenters. The molecule has 0 aliphatic carbocycles. The van der Waals surface area contributed by atoms with Crippen molar-refractivity contribution in [2.24, 2.45) is 0 Å². The van der Waals surface area contributed by atoms with Crippen molar-refractivity contribution in [3.63, 3.8) is 0 Å². The molecule has 0 fully saturated rings. The second-order valence-electron chi connectivity index (χ2n) is 9.37. The lowest BCUT2D eigenvalue weighted by Gasteiger charge is -2.17. The Morgan fingerprint density at radius 1 is 0.794 bits per heavy atom. The van der Waals surface area contributed by atoms with Crippen LogP contribution in [0.25, 0.3) is 11.4 Å². The van der Waals surface area contributed by atoms with Crippen LogP contribution in [0.3, 0.4) is 0 Å². The summed E-state index contributed by atoms with van der Waals surface area (Å²) in [6.45, 7) is 12.5. The lowest BCUT2D eigenvalue weighted by Crippen LogP contribution is -2.11. The van der Waals surface area contributed by atoms with Crippen LogP contribution in [0.2, 0.25) is 18.6 Å². The van der Waals surface area contributed by atoms with Gasteiger partial charge in [-0.1, -0.05) is 71.2 Å². The van der Waals surface area contributed by atoms with E-state index in [-0.39, 0.29) is 0 Å². The van der Waals surface area contributed by atoms with Crippen LogP contribution in [0.5, 0.6) is 11.5 Å². The summed E-state index contributed by atoms with van der Waals surface area (Å²) in [7, 11) is -0.506. The molecule has 34 heavy (non-hydrogen) atoms. The normalized spacial score (nSPS) is 12.1. The van der Waals surface area contributed by atoms with Gasteiger partial charge in [0, 0.05) is 22.0 Å². The van der Waals surface area contributed by atoms with Crippen molar-refractivity contribution >= 4 is 8.80 Å². The van der Waals surface area contributed by atoms with Gasteiger partial charge in [-0.25, -0.2) is 9.97 Å². The monoisotopic (exact) mass is 486 g/mol. The SMILES string of the molecule is CCCCOCCCCOc1ccccc1-c1ncc(OCCCCCC(CC)[SiH](C)C)cn1. The molecule has 0 aliphatic heterocycles. The fourth-order valence-corrected chi connectivity index (χ4v) is 5.87. The van der Waals surface area contributed by atoms with E-state index in [0.717, 1.165) is 68.1 Å². The van der Waals surface area contributed by atoms with Gasteiger partial charge in [0.15, 0.2) is 11.6 Å². The Bertz CT molecular complexity index is 771. The van der Waals surface area contributed by atoms with Crippen LogP contribution in [0, 0.1) is 0 Å². The van der Waals surface area contributed by atoms with Crippen molar-refractivity contribution < 1.29 is 14.2 Å². The summed E-state index contributed by atoms with van der Waals surface area (Å²) < 4.78 is 17.5. The molecular weight excluding hydrogens is 440 g/mol. The molecule has 0 radical (unpaired) electrons. The van der Waals surface area contributed by atoms with E-state index in [9.17, 15) is 0 Å². The molecule has 1 aromatic carbocycles. The Kier molecular flexibility index (Phi) is 14.6. The zero-order valence-electron chi connectivity index (χ0n) is 21.9. The average Bonchev–Trinajstić information content (AvgIpc) is 2.85. The van der Waals surface area contributed by atoms with E-state index in [1.165, 1.54) is 32.1 Å². The lowest BCUT2D eigenvalue weighted by molar-refractivity contribution is 0.124. The predicted octanol–water partition coefficient (Wildman–Crippen LogP) is 7.33. The highest BCUT2D eigenvalue weighted by molar-refractivity contribution is 6.57. The summed E-state index contributed by atoms with van der Waals surface area (Å²) in [5.41, 5.74) is 1.89. The fraction of sp³-hybridized carbons (Fsp3) is 0.643. The number of benzene rings is 1. The lowest BCUT2D eigenvalue weighted by atomic mass is 10.1. The summed E-state index contributed by atoms with van der Waals surface area (Å²) >= 11 is 0. The maximum atomic E-state index is 6.03. The maximum absolute atomic E-state index is 6.03. The molecule has 1 aromatic heterocycles. The molecule has 2 aromatic rings. The number of ether oxygens (including phenoxy) is 3. The molecule has 5 nitrogen and oxygen atoms in total. The number of hydrogen-bond acceptors (Lipinski definition) is 5. The van der Waals surface area contributed by atoms with Crippen LogP contribution >= 0.6 is 0 Å². The van der Waals surface area contributed by atoms with Gasteiger partial charge >= 0.3 is 0 Å². The van der Waals surface area contributed by atoms with Crippen LogP contribution in [0.1, 0.15) is 71.6 Å². The van der Waals surface area contributed by atoms with Crippen molar-refractivity contribution in [3.05, 3.63) is 36.7 Å². The summed E-state index contributed by atoms with van der Waals surface area (Å²) in [4.78, 5) is 9.07. The highest BCUT2D eigenvalue weighted by atomic mass is 28.3. The molecule has 1 heterocycles. The third-order valence-electron chi connectivity index (χ3n) is 6.29. The molecular formula is C28H46N2O3Si. The molecule has 0 saturated heterocycles. The smallest absolute Gasteiger partial charge is 0.163 e. The molecule has 0 N–H and O–H groups in total. The molecule has 0 bridgehead atoms.